The molecular weight excluding hydrogens is 396 g/mol. The largest absolute Gasteiger partial charge is 0.449 e. The Balaban J connectivity index is 1.63. The summed E-state index contributed by atoms with van der Waals surface area (Å²) in [5.41, 5.74) is 2.52. The van der Waals surface area contributed by atoms with Crippen LogP contribution in [0.3, 0.4) is 0 Å². The van der Waals surface area contributed by atoms with Gasteiger partial charge in [0.05, 0.1) is 10.5 Å². The third-order valence-electron chi connectivity index (χ3n) is 4.74. The van der Waals surface area contributed by atoms with Crippen LogP contribution in [0.25, 0.3) is 0 Å². The van der Waals surface area contributed by atoms with Crippen molar-refractivity contribution in [2.24, 2.45) is 0 Å². The maximum absolute atomic E-state index is 12.7. The molecule has 0 aromatic heterocycles. The minimum Gasteiger partial charge on any atom is -0.449 e. The van der Waals surface area contributed by atoms with Crippen LogP contribution in [0, 0.1) is 10.1 Å². The Morgan fingerprint density at radius 1 is 0.968 bits per heavy atom. The lowest BCUT2D eigenvalue weighted by Crippen LogP contribution is -2.30. The number of nitro benzene ring substituents is 1. The molecule has 0 aliphatic heterocycles. The lowest BCUT2D eigenvalue weighted by atomic mass is 10.00. The second-order valence-electron chi connectivity index (χ2n) is 6.99. The summed E-state index contributed by atoms with van der Waals surface area (Å²) in [5.74, 6) is -1.17. The number of benzene rings is 3. The molecule has 0 spiro atoms. The van der Waals surface area contributed by atoms with E-state index in [1.807, 2.05) is 42.5 Å². The normalized spacial score (nSPS) is 11.4. The lowest BCUT2D eigenvalue weighted by Gasteiger charge is -2.15. The summed E-state index contributed by atoms with van der Waals surface area (Å²) in [4.78, 5) is 35.4. The Labute approximate surface area is 179 Å². The van der Waals surface area contributed by atoms with Gasteiger partial charge in [-0.3, -0.25) is 14.9 Å². The van der Waals surface area contributed by atoms with Gasteiger partial charge in [-0.05, 0) is 43.0 Å². The zero-order valence-corrected chi connectivity index (χ0v) is 17.0. The average molecular weight is 418 g/mol. The van der Waals surface area contributed by atoms with Crippen molar-refractivity contribution in [3.63, 3.8) is 0 Å². The van der Waals surface area contributed by atoms with E-state index in [4.69, 9.17) is 4.74 Å². The summed E-state index contributed by atoms with van der Waals surface area (Å²) in [6.07, 6.45) is 0.353. The van der Waals surface area contributed by atoms with E-state index < -0.39 is 22.9 Å². The second kappa shape index (κ2) is 10.2. The second-order valence-corrected chi connectivity index (χ2v) is 6.99. The molecule has 3 aromatic rings. The molecule has 0 radical (unpaired) electrons. The predicted molar refractivity (Wildman–Crippen MR) is 117 cm³/mol. The van der Waals surface area contributed by atoms with E-state index in [1.165, 1.54) is 31.2 Å². The van der Waals surface area contributed by atoms with Crippen molar-refractivity contribution >= 4 is 23.3 Å². The topological polar surface area (TPSA) is 98.5 Å². The van der Waals surface area contributed by atoms with E-state index in [-0.39, 0.29) is 11.4 Å². The van der Waals surface area contributed by atoms with Gasteiger partial charge >= 0.3 is 5.97 Å². The van der Waals surface area contributed by atoms with Gasteiger partial charge in [-0.1, -0.05) is 54.6 Å². The molecule has 0 fully saturated rings. The number of non-ortho nitro benzene ring substituents is 1. The molecule has 0 saturated heterocycles. The summed E-state index contributed by atoms with van der Waals surface area (Å²) in [5, 5.41) is 13.4. The van der Waals surface area contributed by atoms with Crippen LogP contribution < -0.4 is 5.32 Å². The number of anilines is 1. The number of carbonyl (C=O) groups excluding carboxylic acids is 2. The summed E-state index contributed by atoms with van der Waals surface area (Å²) in [6.45, 7) is 1.46. The van der Waals surface area contributed by atoms with Crippen molar-refractivity contribution in [1.82, 2.24) is 0 Å². The Morgan fingerprint density at radius 2 is 1.68 bits per heavy atom. The molecule has 3 aromatic carbocycles. The molecule has 1 atom stereocenters. The number of rotatable bonds is 8. The molecule has 1 unspecified atom stereocenters. The van der Waals surface area contributed by atoms with Gasteiger partial charge < -0.3 is 10.1 Å². The third-order valence-corrected chi connectivity index (χ3v) is 4.74. The highest BCUT2D eigenvalue weighted by atomic mass is 16.6. The molecule has 0 saturated carbocycles. The molecule has 0 heterocycles. The van der Waals surface area contributed by atoms with Gasteiger partial charge in [-0.25, -0.2) is 4.79 Å². The Bertz CT molecular complexity index is 1080. The number of esters is 1. The number of nitro groups is 1. The zero-order chi connectivity index (χ0) is 22.2. The standard InChI is InChI=1S/C24H22N2O5/c1-17(23(27)25-20-11-7-12-21(16-20)26(29)30)31-24(28)22-13-6-5-10-19(22)15-14-18-8-3-2-4-9-18/h2-13,16-17H,14-15H2,1H3,(H,25,27). The molecule has 7 heteroatoms. The van der Waals surface area contributed by atoms with Gasteiger partial charge in [0.25, 0.3) is 11.6 Å². The zero-order valence-electron chi connectivity index (χ0n) is 17.0. The number of ether oxygens (including phenoxy) is 1. The summed E-state index contributed by atoms with van der Waals surface area (Å²) in [6, 6.07) is 22.7. The van der Waals surface area contributed by atoms with Crippen molar-refractivity contribution in [1.29, 1.82) is 0 Å². The number of carbonyl (C=O) groups is 2. The Morgan fingerprint density at radius 3 is 2.42 bits per heavy atom. The highest BCUT2D eigenvalue weighted by Gasteiger charge is 2.21. The molecule has 1 amide bonds. The van der Waals surface area contributed by atoms with Crippen LogP contribution >= 0.6 is 0 Å². The van der Waals surface area contributed by atoms with E-state index >= 15 is 0 Å². The average Bonchev–Trinajstić information content (AvgIpc) is 2.78. The number of hydrogen-bond acceptors (Lipinski definition) is 5. The first-order valence-corrected chi connectivity index (χ1v) is 9.82. The molecule has 158 valence electrons. The number of hydrogen-bond donors (Lipinski definition) is 1. The van der Waals surface area contributed by atoms with E-state index in [9.17, 15) is 19.7 Å². The van der Waals surface area contributed by atoms with Gasteiger partial charge in [0.15, 0.2) is 6.10 Å². The summed E-state index contributed by atoms with van der Waals surface area (Å²) in [7, 11) is 0. The summed E-state index contributed by atoms with van der Waals surface area (Å²) >= 11 is 0. The molecular formula is C24H22N2O5. The van der Waals surface area contributed by atoms with E-state index in [0.717, 1.165) is 17.5 Å². The first kappa shape index (κ1) is 21.7. The molecule has 1 N–H and O–H groups in total. The number of nitrogens with zero attached hydrogens (tertiary/aromatic N) is 1. The number of amides is 1. The minimum atomic E-state index is -1.08. The molecule has 3 rings (SSSR count). The van der Waals surface area contributed by atoms with Gasteiger partial charge in [0, 0.05) is 17.8 Å². The summed E-state index contributed by atoms with van der Waals surface area (Å²) < 4.78 is 5.36. The Hall–Kier alpha value is -4.00. The van der Waals surface area contributed by atoms with Crippen molar-refractivity contribution in [2.75, 3.05) is 5.32 Å². The molecule has 0 bridgehead atoms. The molecule has 0 aliphatic rings. The highest BCUT2D eigenvalue weighted by molar-refractivity contribution is 5.98. The van der Waals surface area contributed by atoms with Crippen LogP contribution in [0.1, 0.15) is 28.4 Å². The van der Waals surface area contributed by atoms with Gasteiger partial charge in [0.2, 0.25) is 0 Å². The SMILES string of the molecule is CC(OC(=O)c1ccccc1CCc1ccccc1)C(=O)Nc1cccc([N+](=O)[O-])c1. The van der Waals surface area contributed by atoms with Crippen LogP contribution in [0.4, 0.5) is 11.4 Å². The van der Waals surface area contributed by atoms with E-state index in [0.29, 0.717) is 12.0 Å². The molecule has 31 heavy (non-hydrogen) atoms. The smallest absolute Gasteiger partial charge is 0.339 e. The van der Waals surface area contributed by atoms with Crippen LogP contribution in [0.2, 0.25) is 0 Å². The molecule has 7 nitrogen and oxygen atoms in total. The van der Waals surface area contributed by atoms with Gasteiger partial charge in [0.1, 0.15) is 0 Å². The lowest BCUT2D eigenvalue weighted by molar-refractivity contribution is -0.384. The first-order chi connectivity index (χ1) is 14.9. The van der Waals surface area contributed by atoms with E-state index in [2.05, 4.69) is 5.32 Å². The van der Waals surface area contributed by atoms with E-state index in [1.54, 1.807) is 12.1 Å². The minimum absolute atomic E-state index is 0.144. The fourth-order valence-corrected chi connectivity index (χ4v) is 3.08. The van der Waals surface area contributed by atoms with Crippen LogP contribution in [0.15, 0.2) is 78.9 Å². The maximum atomic E-state index is 12.7. The number of aryl methyl sites for hydroxylation is 2. The van der Waals surface area contributed by atoms with Crippen molar-refractivity contribution in [2.45, 2.75) is 25.9 Å². The third kappa shape index (κ3) is 5.99. The van der Waals surface area contributed by atoms with Crippen molar-refractivity contribution < 1.29 is 19.2 Å². The van der Waals surface area contributed by atoms with Crippen molar-refractivity contribution in [3.05, 3.63) is 106 Å². The molecule has 0 aliphatic carbocycles. The fraction of sp³-hybridized carbons (Fsp3) is 0.167. The Kier molecular flexibility index (Phi) is 7.11. The first-order valence-electron chi connectivity index (χ1n) is 9.82. The van der Waals surface area contributed by atoms with Gasteiger partial charge in [-0.15, -0.1) is 0 Å². The quantitative estimate of drug-likeness (QED) is 0.328. The van der Waals surface area contributed by atoms with Crippen molar-refractivity contribution in [3.8, 4) is 0 Å². The maximum Gasteiger partial charge on any atom is 0.339 e. The predicted octanol–water partition coefficient (Wildman–Crippen LogP) is 4.56. The van der Waals surface area contributed by atoms with Gasteiger partial charge in [-0.2, -0.15) is 0 Å². The highest BCUT2D eigenvalue weighted by Crippen LogP contribution is 2.18. The number of nitrogens with one attached hydrogen (secondary N) is 1. The monoisotopic (exact) mass is 418 g/mol. The van der Waals surface area contributed by atoms with Crippen LogP contribution in [-0.2, 0) is 22.4 Å². The fourth-order valence-electron chi connectivity index (χ4n) is 3.08. The van der Waals surface area contributed by atoms with Crippen LogP contribution in [-0.4, -0.2) is 22.9 Å². The van der Waals surface area contributed by atoms with Crippen LogP contribution in [0.5, 0.6) is 0 Å².